The summed E-state index contributed by atoms with van der Waals surface area (Å²) in [4.78, 5) is 22.3. The van der Waals surface area contributed by atoms with Gasteiger partial charge < -0.3 is 57.2 Å². The molecule has 0 spiro atoms. The number of benzene rings is 5. The summed E-state index contributed by atoms with van der Waals surface area (Å²) in [5.41, 5.74) is 13.2. The molecule has 2 unspecified atom stereocenters. The van der Waals surface area contributed by atoms with Crippen molar-refractivity contribution in [3.8, 4) is 58.1 Å². The number of hydrogen-bond acceptors (Lipinski definition) is 19. The molecule has 0 aromatic heterocycles. The van der Waals surface area contributed by atoms with E-state index < -0.39 is 41.9 Å². The first-order valence-electron chi connectivity index (χ1n) is 31.5. The molecule has 10 atom stereocenters. The van der Waals surface area contributed by atoms with Gasteiger partial charge in [-0.15, -0.1) is 0 Å². The molecule has 13 rings (SSSR count). The number of piperazine rings is 2. The van der Waals surface area contributed by atoms with Gasteiger partial charge in [-0.2, -0.15) is 23.7 Å². The van der Waals surface area contributed by atoms with Crippen molar-refractivity contribution in [3.05, 3.63) is 157 Å². The van der Waals surface area contributed by atoms with Crippen molar-refractivity contribution < 1.29 is 75.2 Å². The van der Waals surface area contributed by atoms with Crippen molar-refractivity contribution in [2.45, 2.75) is 134 Å². The number of rotatable bonds is 17. The molecule has 0 amide bonds. The number of hydrogen-bond donors (Lipinski definition) is 1. The van der Waals surface area contributed by atoms with E-state index in [-0.39, 0.29) is 88.8 Å². The number of fused-ring (bicyclic) bond motifs is 18. The lowest BCUT2D eigenvalue weighted by atomic mass is 9.71. The van der Waals surface area contributed by atoms with Gasteiger partial charge in [-0.05, 0) is 138 Å². The van der Waals surface area contributed by atoms with Crippen LogP contribution in [-0.2, 0) is 50.9 Å². The normalized spacial score (nSPS) is 24.4. The van der Waals surface area contributed by atoms with Crippen LogP contribution in [0.4, 0.5) is 13.2 Å². The predicted octanol–water partition coefficient (Wildman–Crippen LogP) is 10.6. The van der Waals surface area contributed by atoms with Crippen LogP contribution < -0.4 is 37.9 Å². The molecule has 8 aliphatic rings. The highest BCUT2D eigenvalue weighted by Crippen LogP contribution is 2.61. The van der Waals surface area contributed by atoms with Crippen LogP contribution >= 0.6 is 0 Å². The Hall–Kier alpha value is -8.32. The fourth-order valence-electron chi connectivity index (χ4n) is 16.2. The van der Waals surface area contributed by atoms with E-state index in [0.29, 0.717) is 66.6 Å². The Morgan fingerprint density at radius 1 is 0.638 bits per heavy atom. The molecule has 5 aromatic carbocycles. The lowest BCUT2D eigenvalue weighted by Gasteiger charge is -2.60. The zero-order valence-electron chi connectivity index (χ0n) is 54.6. The fourth-order valence-corrected chi connectivity index (χ4v) is 16.2. The Kier molecular flexibility index (Phi) is 18.5. The molecule has 94 heavy (non-hydrogen) atoms. The SMILES string of the molecule is C=CCOc1c(C)c2c(c3c1CC1[C@H]4c5c(cc(C)c(C)c5OCOC)C[C@@H]([C@H](C#N)N1[C@H]3CO)N4C)OCO2.C=CCOc1c(C)c2c(c3c1CC1[C@H]4c5c(cc(C)c(C)c5OCOC)C[C@@H]([C@H](C#N)N1[C@H]3COC(=O)/C=C/c1cccc(C(F)(F)F)c1)N4C)OCO2. The van der Waals surface area contributed by atoms with E-state index in [1.54, 1.807) is 26.4 Å². The number of aliphatic hydroxyl groups is 1. The van der Waals surface area contributed by atoms with E-state index >= 15 is 0 Å². The number of nitriles is 2. The van der Waals surface area contributed by atoms with Crippen LogP contribution in [0.15, 0.2) is 67.8 Å². The minimum Gasteiger partial charge on any atom is -0.489 e. The number of aliphatic hydroxyl groups excluding tert-OH is 1. The summed E-state index contributed by atoms with van der Waals surface area (Å²) in [5, 5.41) is 32.6. The van der Waals surface area contributed by atoms with Gasteiger partial charge in [0.2, 0.25) is 13.6 Å². The Labute approximate surface area is 545 Å². The van der Waals surface area contributed by atoms with Gasteiger partial charge >= 0.3 is 12.1 Å². The Bertz CT molecular complexity index is 3950. The van der Waals surface area contributed by atoms with Crippen molar-refractivity contribution in [1.29, 1.82) is 10.5 Å². The zero-order chi connectivity index (χ0) is 66.8. The molecular weight excluding hydrogens is 1210 g/mol. The topological polar surface area (TPSA) is 199 Å². The Balaban J connectivity index is 0.000000188. The Morgan fingerprint density at radius 3 is 1.55 bits per heavy atom. The van der Waals surface area contributed by atoms with Gasteiger partial charge in [0.15, 0.2) is 36.6 Å². The highest BCUT2D eigenvalue weighted by molar-refractivity contribution is 5.87. The summed E-state index contributed by atoms with van der Waals surface area (Å²) in [6.45, 7) is 20.3. The van der Waals surface area contributed by atoms with Crippen molar-refractivity contribution >= 4 is 12.0 Å². The molecule has 8 aliphatic heterocycles. The summed E-state index contributed by atoms with van der Waals surface area (Å²) in [6.07, 6.45) is 3.59. The fraction of sp³-hybridized carbons (Fsp3) is 0.458. The van der Waals surface area contributed by atoms with E-state index in [1.807, 2.05) is 27.8 Å². The van der Waals surface area contributed by atoms with Crippen LogP contribution in [0.5, 0.6) is 46.0 Å². The second-order valence-electron chi connectivity index (χ2n) is 25.2. The molecule has 496 valence electrons. The largest absolute Gasteiger partial charge is 0.489 e. The van der Waals surface area contributed by atoms with Gasteiger partial charge in [-0.1, -0.05) is 49.6 Å². The molecule has 0 aliphatic carbocycles. The van der Waals surface area contributed by atoms with Crippen LogP contribution in [0.1, 0.15) is 113 Å². The monoisotopic (exact) mass is 1290 g/mol. The predicted molar refractivity (Wildman–Crippen MR) is 340 cm³/mol. The molecule has 5 aromatic rings. The summed E-state index contributed by atoms with van der Waals surface area (Å²) in [6, 6.07) is 11.1. The van der Waals surface area contributed by atoms with E-state index in [9.17, 15) is 33.6 Å². The van der Waals surface area contributed by atoms with E-state index in [1.165, 1.54) is 23.8 Å². The van der Waals surface area contributed by atoms with Gasteiger partial charge in [-0.25, -0.2) is 4.79 Å². The maximum atomic E-state index is 13.3. The molecule has 19 nitrogen and oxygen atoms in total. The smallest absolute Gasteiger partial charge is 0.416 e. The highest BCUT2D eigenvalue weighted by Gasteiger charge is 2.59. The van der Waals surface area contributed by atoms with Crippen LogP contribution in [0.3, 0.4) is 0 Å². The first-order valence-corrected chi connectivity index (χ1v) is 31.5. The highest BCUT2D eigenvalue weighted by atomic mass is 19.4. The molecule has 2 saturated heterocycles. The van der Waals surface area contributed by atoms with E-state index in [4.69, 9.17) is 52.1 Å². The number of nitrogens with zero attached hydrogens (tertiary/aromatic N) is 6. The number of ether oxygens (including phenoxy) is 11. The summed E-state index contributed by atoms with van der Waals surface area (Å²) in [7, 11) is 7.35. The van der Waals surface area contributed by atoms with E-state index in [0.717, 1.165) is 102 Å². The average Bonchev–Trinajstić information content (AvgIpc) is 0.867. The third kappa shape index (κ3) is 11.0. The van der Waals surface area contributed by atoms with Crippen LogP contribution in [0.2, 0.25) is 0 Å². The minimum absolute atomic E-state index is 0.0228. The molecular formula is C72H79F3N6O13. The number of likely N-dealkylation sites (N-methyl/N-ethyl adjacent to an activating group) is 2. The summed E-state index contributed by atoms with van der Waals surface area (Å²) < 4.78 is 106. The second kappa shape index (κ2) is 26.5. The number of halogens is 3. The molecule has 2 fully saturated rings. The van der Waals surface area contributed by atoms with E-state index in [2.05, 4.69) is 84.8 Å². The quantitative estimate of drug-likeness (QED) is 0.0398. The van der Waals surface area contributed by atoms with Crippen molar-refractivity contribution in [1.82, 2.24) is 19.6 Å². The lowest BCUT2D eigenvalue weighted by Crippen LogP contribution is -2.68. The molecule has 4 bridgehead atoms. The number of carbonyl (C=O) groups excluding carboxylic acids is 1. The van der Waals surface area contributed by atoms with Gasteiger partial charge in [0.1, 0.15) is 54.9 Å². The molecule has 0 radical (unpaired) electrons. The standard InChI is InChI=1S/C41H42F3N3O7.C31H37N3O6/c1-7-13-50-37-24(4)39-40(54-21-53-39)35-28(37)17-30-36-34-26(14-22(2)23(3)38(34)52-20-49-6)16-29(46(36)5)31(18-45)47(30)32(35)19-51-33(48)12-11-25-9-8-10-27(15-25)41(42,43)44;1-7-8-37-28-18(4)30-31(40-15-39-30)26-20(28)11-22-27-25-19(9-16(2)17(3)29(25)38-14-36-6)10-21(33(27)5)23(12-32)34(22)24(26)13-35/h7-12,14-15,29-32,36H,1,13,16-17,19-21H2,2-6H3;7,9,21-24,27,35H,1,8,10-11,13-15H2,2-6H3/b12-11+;/t29-,30?,31-,32-,36-;21-,22?,23-,24-,27-/m00/s1. The number of alkyl halides is 3. The third-order valence-electron chi connectivity index (χ3n) is 20.3. The zero-order valence-corrected chi connectivity index (χ0v) is 54.6. The number of methoxy groups -OCH3 is 2. The van der Waals surface area contributed by atoms with Crippen molar-refractivity contribution in [2.24, 2.45) is 0 Å². The molecule has 1 N–H and O–H groups in total. The number of aryl methyl sites for hydroxylation is 2. The number of carbonyl (C=O) groups is 1. The average molecular weight is 1290 g/mol. The van der Waals surface area contributed by atoms with Crippen LogP contribution in [0, 0.1) is 64.2 Å². The summed E-state index contributed by atoms with van der Waals surface area (Å²) >= 11 is 0. The van der Waals surface area contributed by atoms with Gasteiger partial charge in [0, 0.05) is 89.0 Å². The first kappa shape index (κ1) is 65.7. The second-order valence-corrected chi connectivity index (χ2v) is 25.2. The maximum absolute atomic E-state index is 13.3. The molecule has 22 heteroatoms. The lowest BCUT2D eigenvalue weighted by molar-refractivity contribution is -0.143. The summed E-state index contributed by atoms with van der Waals surface area (Å²) in [5.74, 6) is 4.50. The van der Waals surface area contributed by atoms with Crippen LogP contribution in [0.25, 0.3) is 6.08 Å². The van der Waals surface area contributed by atoms with Gasteiger partial charge in [0.25, 0.3) is 0 Å². The van der Waals surface area contributed by atoms with Gasteiger partial charge in [0.05, 0.1) is 48.5 Å². The van der Waals surface area contributed by atoms with Crippen LogP contribution in [-0.4, -0.2) is 149 Å². The Morgan fingerprint density at radius 2 is 1.11 bits per heavy atom. The number of esters is 1. The first-order chi connectivity index (χ1) is 45.3. The van der Waals surface area contributed by atoms with Crippen molar-refractivity contribution in [2.75, 3.05) is 81.9 Å². The van der Waals surface area contributed by atoms with Crippen molar-refractivity contribution in [3.63, 3.8) is 0 Å². The third-order valence-corrected chi connectivity index (χ3v) is 20.3. The molecule has 8 heterocycles. The van der Waals surface area contributed by atoms with Gasteiger partial charge in [-0.3, -0.25) is 19.6 Å². The minimum atomic E-state index is -4.53. The molecule has 0 saturated carbocycles. The maximum Gasteiger partial charge on any atom is 0.416 e.